The smallest absolute Gasteiger partial charge is 0.229 e. The fourth-order valence-corrected chi connectivity index (χ4v) is 5.05. The minimum atomic E-state index is -1.87. The minimum absolute atomic E-state index is 0.0500. The number of aliphatic hydroxyl groups is 7. The molecular weight excluding hydrogens is 592 g/mol. The molecule has 0 bridgehead atoms. The van der Waals surface area contributed by atoms with Gasteiger partial charge in [-0.25, -0.2) is 0 Å². The zero-order valence-electron chi connectivity index (χ0n) is 23.0. The SMILES string of the molecule is COc1cc(-c2cc(=O)c3c(O)cc(O[C@H]4O[C@H](CO)[C@@H](O)[C@H](O)[C@H]4O[C@@H]4O[C@H](CO)[C@@H](O)[C@@H](O)[C@H]4O)cc3o2)ccc1O. The highest BCUT2D eigenvalue weighted by Crippen LogP contribution is 2.36. The normalized spacial score (nSPS) is 32.5. The van der Waals surface area contributed by atoms with E-state index in [1.165, 1.54) is 31.4 Å². The van der Waals surface area contributed by atoms with Gasteiger partial charge in [0.2, 0.25) is 6.29 Å². The Morgan fingerprint density at radius 3 is 2.09 bits per heavy atom. The van der Waals surface area contributed by atoms with Crippen LogP contribution in [0.1, 0.15) is 0 Å². The van der Waals surface area contributed by atoms with Crippen molar-refractivity contribution in [3.05, 3.63) is 46.6 Å². The van der Waals surface area contributed by atoms with Gasteiger partial charge in [0, 0.05) is 23.8 Å². The Morgan fingerprint density at radius 2 is 1.43 bits per heavy atom. The number of phenols is 2. The molecule has 2 aliphatic heterocycles. The molecule has 2 aliphatic rings. The second-order valence-electron chi connectivity index (χ2n) is 10.3. The number of hydrogen-bond acceptors (Lipinski definition) is 16. The van der Waals surface area contributed by atoms with Gasteiger partial charge in [-0.05, 0) is 18.2 Å². The summed E-state index contributed by atoms with van der Waals surface area (Å²) >= 11 is 0. The summed E-state index contributed by atoms with van der Waals surface area (Å²) in [6.07, 6.45) is -16.8. The van der Waals surface area contributed by atoms with E-state index in [1.54, 1.807) is 0 Å². The van der Waals surface area contributed by atoms with Crippen LogP contribution in [0.4, 0.5) is 0 Å². The molecular formula is C28H32O16. The molecule has 16 heteroatoms. The lowest BCUT2D eigenvalue weighted by Crippen LogP contribution is -2.65. The largest absolute Gasteiger partial charge is 0.507 e. The molecule has 2 fully saturated rings. The number of aliphatic hydroxyl groups excluding tert-OH is 7. The number of ether oxygens (including phenoxy) is 5. The molecule has 0 saturated carbocycles. The lowest BCUT2D eigenvalue weighted by atomic mass is 9.97. The van der Waals surface area contributed by atoms with E-state index in [0.717, 1.165) is 12.1 Å². The van der Waals surface area contributed by atoms with Gasteiger partial charge < -0.3 is 74.1 Å². The Bertz CT molecular complexity index is 1520. The standard InChI is InChI=1S/C28H32O16/c1-39-16-4-10(2-3-12(16)31)15-7-14(33)20-13(32)5-11(6-17(20)41-15)40-28-26(24(37)22(35)19(9-30)43-28)44-27-25(38)23(36)21(34)18(8-29)42-27/h2-7,18-19,21-32,34-38H,8-9H2,1H3/t18-,19-,21-,22-,23-,24+,25-,26-,27+,28+/m1/s1. The van der Waals surface area contributed by atoms with Crippen molar-refractivity contribution < 1.29 is 74.1 Å². The molecule has 240 valence electrons. The quantitative estimate of drug-likeness (QED) is 0.130. The van der Waals surface area contributed by atoms with E-state index in [2.05, 4.69) is 0 Å². The second kappa shape index (κ2) is 12.8. The van der Waals surface area contributed by atoms with Crippen LogP contribution in [0.15, 0.2) is 45.6 Å². The number of hydrogen-bond donors (Lipinski definition) is 9. The molecule has 0 radical (unpaired) electrons. The average molecular weight is 625 g/mol. The van der Waals surface area contributed by atoms with Crippen LogP contribution < -0.4 is 14.9 Å². The molecule has 3 heterocycles. The van der Waals surface area contributed by atoms with E-state index < -0.39 is 85.8 Å². The van der Waals surface area contributed by atoms with E-state index in [4.69, 9.17) is 28.1 Å². The Hall–Kier alpha value is -3.55. The van der Waals surface area contributed by atoms with Gasteiger partial charge in [0.15, 0.2) is 29.3 Å². The average Bonchev–Trinajstić information content (AvgIpc) is 3.00. The first-order valence-electron chi connectivity index (χ1n) is 13.4. The molecule has 0 amide bonds. The molecule has 0 aliphatic carbocycles. The highest BCUT2D eigenvalue weighted by atomic mass is 16.8. The van der Waals surface area contributed by atoms with Crippen LogP contribution in [0.25, 0.3) is 22.3 Å². The Kier molecular flexibility index (Phi) is 9.28. The van der Waals surface area contributed by atoms with Crippen LogP contribution in [-0.2, 0) is 14.2 Å². The number of phenolic OH excluding ortho intramolecular Hbond substituents is 2. The van der Waals surface area contributed by atoms with Crippen molar-refractivity contribution >= 4 is 11.0 Å². The van der Waals surface area contributed by atoms with E-state index in [1.807, 2.05) is 0 Å². The summed E-state index contributed by atoms with van der Waals surface area (Å²) in [4.78, 5) is 12.9. The first-order chi connectivity index (χ1) is 21.0. The zero-order chi connectivity index (χ0) is 31.9. The van der Waals surface area contributed by atoms with Crippen molar-refractivity contribution in [1.82, 2.24) is 0 Å². The maximum atomic E-state index is 12.9. The molecule has 0 spiro atoms. The maximum Gasteiger partial charge on any atom is 0.229 e. The Balaban J connectivity index is 1.48. The van der Waals surface area contributed by atoms with E-state index >= 15 is 0 Å². The Labute approximate surface area is 248 Å². The fraction of sp³-hybridized carbons (Fsp3) is 0.464. The van der Waals surface area contributed by atoms with Gasteiger partial charge >= 0.3 is 0 Å². The lowest BCUT2D eigenvalue weighted by Gasteiger charge is -2.45. The third-order valence-electron chi connectivity index (χ3n) is 7.46. The maximum absolute atomic E-state index is 12.9. The van der Waals surface area contributed by atoms with Crippen LogP contribution in [0.2, 0.25) is 0 Å². The third-order valence-corrected chi connectivity index (χ3v) is 7.46. The summed E-state index contributed by atoms with van der Waals surface area (Å²) in [6, 6.07) is 7.63. The van der Waals surface area contributed by atoms with Crippen molar-refractivity contribution in [1.29, 1.82) is 0 Å². The van der Waals surface area contributed by atoms with Crippen LogP contribution in [0.3, 0.4) is 0 Å². The molecule has 2 saturated heterocycles. The monoisotopic (exact) mass is 624 g/mol. The summed E-state index contributed by atoms with van der Waals surface area (Å²) < 4.78 is 33.4. The molecule has 0 unspecified atom stereocenters. The highest BCUT2D eigenvalue weighted by Gasteiger charge is 2.51. The van der Waals surface area contributed by atoms with Crippen molar-refractivity contribution in [2.75, 3.05) is 20.3 Å². The van der Waals surface area contributed by atoms with Crippen molar-refractivity contribution in [3.8, 4) is 34.3 Å². The van der Waals surface area contributed by atoms with Gasteiger partial charge in [-0.2, -0.15) is 0 Å². The van der Waals surface area contributed by atoms with Crippen LogP contribution in [0, 0.1) is 0 Å². The summed E-state index contributed by atoms with van der Waals surface area (Å²) in [6.45, 7) is -1.52. The number of fused-ring (bicyclic) bond motifs is 1. The van der Waals surface area contributed by atoms with Gasteiger partial charge in [-0.15, -0.1) is 0 Å². The van der Waals surface area contributed by atoms with Crippen molar-refractivity contribution in [3.63, 3.8) is 0 Å². The topological polar surface area (TPSA) is 258 Å². The van der Waals surface area contributed by atoms with Crippen molar-refractivity contribution in [2.45, 2.75) is 61.4 Å². The highest BCUT2D eigenvalue weighted by molar-refractivity contribution is 5.86. The zero-order valence-corrected chi connectivity index (χ0v) is 23.0. The first-order valence-corrected chi connectivity index (χ1v) is 13.4. The molecule has 5 rings (SSSR count). The predicted molar refractivity (Wildman–Crippen MR) is 145 cm³/mol. The molecule has 9 N–H and O–H groups in total. The minimum Gasteiger partial charge on any atom is -0.507 e. The Morgan fingerprint density at radius 1 is 0.773 bits per heavy atom. The van der Waals surface area contributed by atoms with Crippen molar-refractivity contribution in [2.24, 2.45) is 0 Å². The fourth-order valence-electron chi connectivity index (χ4n) is 5.05. The van der Waals surface area contributed by atoms with Crippen LogP contribution >= 0.6 is 0 Å². The molecule has 1 aromatic heterocycles. The number of methoxy groups -OCH3 is 1. The van der Waals surface area contributed by atoms with Gasteiger partial charge in [0.25, 0.3) is 0 Å². The van der Waals surface area contributed by atoms with Gasteiger partial charge in [-0.3, -0.25) is 4.79 Å². The number of aromatic hydroxyl groups is 2. The van der Waals surface area contributed by atoms with Gasteiger partial charge in [0.05, 0.1) is 20.3 Å². The van der Waals surface area contributed by atoms with Crippen LogP contribution in [0.5, 0.6) is 23.0 Å². The molecule has 2 aromatic carbocycles. The number of rotatable bonds is 8. The summed E-state index contributed by atoms with van der Waals surface area (Å²) in [7, 11) is 1.34. The lowest BCUT2D eigenvalue weighted by molar-refractivity contribution is -0.357. The van der Waals surface area contributed by atoms with Gasteiger partial charge in [0.1, 0.15) is 71.0 Å². The van der Waals surface area contributed by atoms with Crippen LogP contribution in [-0.4, -0.2) is 128 Å². The van der Waals surface area contributed by atoms with Gasteiger partial charge in [-0.1, -0.05) is 0 Å². The molecule has 44 heavy (non-hydrogen) atoms. The second-order valence-corrected chi connectivity index (χ2v) is 10.3. The predicted octanol–water partition coefficient (Wildman–Crippen LogP) is -2.12. The molecule has 3 aromatic rings. The number of benzene rings is 2. The summed E-state index contributed by atoms with van der Waals surface area (Å²) in [5, 5.41) is 91.5. The molecule has 10 atom stereocenters. The third kappa shape index (κ3) is 5.92. The van der Waals surface area contributed by atoms with E-state index in [9.17, 15) is 50.8 Å². The summed E-state index contributed by atoms with van der Waals surface area (Å²) in [5.41, 5.74) is -0.402. The van der Waals surface area contributed by atoms with E-state index in [-0.39, 0.29) is 34.0 Å². The van der Waals surface area contributed by atoms with E-state index in [0.29, 0.717) is 5.56 Å². The first kappa shape index (κ1) is 31.9. The molecule has 16 nitrogen and oxygen atoms in total. The summed E-state index contributed by atoms with van der Waals surface area (Å²) in [5.74, 6) is -0.721.